The van der Waals surface area contributed by atoms with Gasteiger partial charge < -0.3 is 19.7 Å². The van der Waals surface area contributed by atoms with Gasteiger partial charge in [-0.15, -0.1) is 0 Å². The highest BCUT2D eigenvalue weighted by Crippen LogP contribution is 2.34. The summed E-state index contributed by atoms with van der Waals surface area (Å²) in [5, 5.41) is 2.78. The lowest BCUT2D eigenvalue weighted by Crippen LogP contribution is -2.53. The van der Waals surface area contributed by atoms with Crippen LogP contribution in [0.15, 0.2) is 48.5 Å². The van der Waals surface area contributed by atoms with Crippen molar-refractivity contribution >= 4 is 27.5 Å². The van der Waals surface area contributed by atoms with Crippen LogP contribution in [0.4, 0.5) is 5.69 Å². The number of rotatable bonds is 11. The third-order valence-corrected chi connectivity index (χ3v) is 6.85. The highest BCUT2D eigenvalue weighted by Gasteiger charge is 2.31. The number of amides is 2. The van der Waals surface area contributed by atoms with Gasteiger partial charge in [0.15, 0.2) is 11.5 Å². The van der Waals surface area contributed by atoms with E-state index < -0.39 is 28.5 Å². The summed E-state index contributed by atoms with van der Waals surface area (Å²) < 4.78 is 37.6. The Hall–Kier alpha value is -3.27. The molecule has 1 aliphatic heterocycles. The molecule has 1 heterocycles. The molecule has 190 valence electrons. The average Bonchev–Trinajstić information content (AvgIpc) is 2.84. The van der Waals surface area contributed by atoms with Crippen LogP contribution >= 0.6 is 0 Å². The maximum Gasteiger partial charge on any atom is 0.244 e. The summed E-state index contributed by atoms with van der Waals surface area (Å²) in [6.45, 7) is 4.68. The minimum Gasteiger partial charge on any atom is -0.486 e. The highest BCUT2D eigenvalue weighted by atomic mass is 32.2. The first-order valence-electron chi connectivity index (χ1n) is 11.7. The van der Waals surface area contributed by atoms with Gasteiger partial charge in [-0.05, 0) is 37.5 Å². The number of hydrogen-bond acceptors (Lipinski definition) is 6. The minimum atomic E-state index is -3.81. The van der Waals surface area contributed by atoms with Crippen LogP contribution in [-0.2, 0) is 26.0 Å². The molecule has 0 saturated carbocycles. The molecule has 3 rings (SSSR count). The Labute approximate surface area is 207 Å². The third kappa shape index (κ3) is 6.88. The molecule has 10 heteroatoms. The van der Waals surface area contributed by atoms with Gasteiger partial charge in [0.05, 0.1) is 11.9 Å². The molecule has 2 aromatic carbocycles. The first-order valence-corrected chi connectivity index (χ1v) is 13.6. The molecule has 1 unspecified atom stereocenters. The maximum atomic E-state index is 13.6. The standard InChI is InChI=1S/C25H33N3O6S/c1-4-21(25(30)26-5-2)27(14-13-19-9-7-6-8-10-19)24(29)18-28(35(3,31)32)20-11-12-22-23(17-20)34-16-15-33-22/h6-12,17,21H,4-5,13-16,18H2,1-3H3,(H,26,30). The Morgan fingerprint density at radius 3 is 2.34 bits per heavy atom. The van der Waals surface area contributed by atoms with Gasteiger partial charge in [-0.3, -0.25) is 13.9 Å². The maximum absolute atomic E-state index is 13.6. The predicted molar refractivity (Wildman–Crippen MR) is 134 cm³/mol. The number of carbonyl (C=O) groups is 2. The molecule has 0 aliphatic carbocycles. The summed E-state index contributed by atoms with van der Waals surface area (Å²) in [4.78, 5) is 27.8. The summed E-state index contributed by atoms with van der Waals surface area (Å²) in [6, 6.07) is 13.7. The lowest BCUT2D eigenvalue weighted by Gasteiger charge is -2.33. The van der Waals surface area contributed by atoms with E-state index in [2.05, 4.69) is 5.32 Å². The van der Waals surface area contributed by atoms with Gasteiger partial charge in [0.2, 0.25) is 21.8 Å². The number of ether oxygens (including phenoxy) is 2. The molecular weight excluding hydrogens is 470 g/mol. The zero-order valence-corrected chi connectivity index (χ0v) is 21.2. The van der Waals surface area contributed by atoms with E-state index in [1.807, 2.05) is 44.2 Å². The van der Waals surface area contributed by atoms with Gasteiger partial charge in [0, 0.05) is 19.2 Å². The summed E-state index contributed by atoms with van der Waals surface area (Å²) in [6.07, 6.45) is 1.98. The minimum absolute atomic E-state index is 0.262. The Kier molecular flexibility index (Phi) is 8.97. The Balaban J connectivity index is 1.89. The first-order chi connectivity index (χ1) is 16.7. The van der Waals surface area contributed by atoms with Crippen molar-refractivity contribution in [2.75, 3.05) is 43.4 Å². The van der Waals surface area contributed by atoms with Crippen LogP contribution < -0.4 is 19.1 Å². The fraction of sp³-hybridized carbons (Fsp3) is 0.440. The summed E-state index contributed by atoms with van der Waals surface area (Å²) >= 11 is 0. The number of likely N-dealkylation sites (N-methyl/N-ethyl adjacent to an activating group) is 1. The second-order valence-electron chi connectivity index (χ2n) is 8.24. The zero-order chi connectivity index (χ0) is 25.4. The molecule has 0 radical (unpaired) electrons. The van der Waals surface area contributed by atoms with Crippen LogP contribution in [0.25, 0.3) is 0 Å². The largest absolute Gasteiger partial charge is 0.486 e. The molecule has 0 bridgehead atoms. The Morgan fingerprint density at radius 2 is 1.71 bits per heavy atom. The molecule has 9 nitrogen and oxygen atoms in total. The number of sulfonamides is 1. The van der Waals surface area contributed by atoms with Crippen LogP contribution in [-0.4, -0.2) is 70.3 Å². The van der Waals surface area contributed by atoms with Gasteiger partial charge in [0.1, 0.15) is 25.8 Å². The van der Waals surface area contributed by atoms with Crippen molar-refractivity contribution in [3.05, 3.63) is 54.1 Å². The second-order valence-corrected chi connectivity index (χ2v) is 10.1. The normalized spacial score (nSPS) is 13.6. The number of fused-ring (bicyclic) bond motifs is 1. The van der Waals surface area contributed by atoms with Crippen molar-refractivity contribution in [2.24, 2.45) is 0 Å². The summed E-state index contributed by atoms with van der Waals surface area (Å²) in [5.41, 5.74) is 1.31. The van der Waals surface area contributed by atoms with Crippen LogP contribution in [0.2, 0.25) is 0 Å². The van der Waals surface area contributed by atoms with E-state index >= 15 is 0 Å². The van der Waals surface area contributed by atoms with E-state index in [0.29, 0.717) is 49.8 Å². The Morgan fingerprint density at radius 1 is 1.03 bits per heavy atom. The predicted octanol–water partition coefficient (Wildman–Crippen LogP) is 2.21. The van der Waals surface area contributed by atoms with Crippen LogP contribution in [0.3, 0.4) is 0 Å². The van der Waals surface area contributed by atoms with E-state index in [0.717, 1.165) is 16.1 Å². The third-order valence-electron chi connectivity index (χ3n) is 5.71. The van der Waals surface area contributed by atoms with Gasteiger partial charge in [-0.1, -0.05) is 37.3 Å². The Bertz CT molecular complexity index is 1120. The fourth-order valence-corrected chi connectivity index (χ4v) is 4.83. The molecule has 0 spiro atoms. The first kappa shape index (κ1) is 26.3. The monoisotopic (exact) mass is 503 g/mol. The number of nitrogens with one attached hydrogen (secondary N) is 1. The number of hydrogen-bond donors (Lipinski definition) is 1. The van der Waals surface area contributed by atoms with Crippen LogP contribution in [0.5, 0.6) is 11.5 Å². The SMILES string of the molecule is CCNC(=O)C(CC)N(CCc1ccccc1)C(=O)CN(c1ccc2c(c1)OCCO2)S(C)(=O)=O. The molecule has 1 atom stereocenters. The molecule has 1 aliphatic rings. The van der Waals surface area contributed by atoms with Crippen LogP contribution in [0.1, 0.15) is 25.8 Å². The number of nitrogens with zero attached hydrogens (tertiary/aromatic N) is 2. The van der Waals surface area contributed by atoms with Crippen molar-refractivity contribution in [1.82, 2.24) is 10.2 Å². The fourth-order valence-electron chi connectivity index (χ4n) is 3.99. The quantitative estimate of drug-likeness (QED) is 0.504. The van der Waals surface area contributed by atoms with Crippen molar-refractivity contribution in [3.8, 4) is 11.5 Å². The van der Waals surface area contributed by atoms with E-state index in [1.165, 1.54) is 4.90 Å². The number of anilines is 1. The van der Waals surface area contributed by atoms with E-state index in [-0.39, 0.29) is 12.5 Å². The van der Waals surface area contributed by atoms with Crippen molar-refractivity contribution in [2.45, 2.75) is 32.7 Å². The summed E-state index contributed by atoms with van der Waals surface area (Å²) in [5.74, 6) is 0.220. The number of benzene rings is 2. The van der Waals surface area contributed by atoms with Gasteiger partial charge in [0.25, 0.3) is 0 Å². The van der Waals surface area contributed by atoms with E-state index in [1.54, 1.807) is 18.2 Å². The molecule has 2 aromatic rings. The highest BCUT2D eigenvalue weighted by molar-refractivity contribution is 7.92. The molecule has 0 saturated heterocycles. The zero-order valence-electron chi connectivity index (χ0n) is 20.4. The molecule has 1 N–H and O–H groups in total. The van der Waals surface area contributed by atoms with Crippen molar-refractivity contribution < 1.29 is 27.5 Å². The molecule has 0 fully saturated rings. The van der Waals surface area contributed by atoms with E-state index in [4.69, 9.17) is 9.47 Å². The van der Waals surface area contributed by atoms with Gasteiger partial charge in [-0.2, -0.15) is 0 Å². The van der Waals surface area contributed by atoms with Gasteiger partial charge >= 0.3 is 0 Å². The average molecular weight is 504 g/mol. The van der Waals surface area contributed by atoms with Crippen molar-refractivity contribution in [1.29, 1.82) is 0 Å². The van der Waals surface area contributed by atoms with E-state index in [9.17, 15) is 18.0 Å². The lowest BCUT2D eigenvalue weighted by atomic mass is 10.1. The van der Waals surface area contributed by atoms with Crippen LogP contribution in [0, 0.1) is 0 Å². The topological polar surface area (TPSA) is 105 Å². The number of carbonyl (C=O) groups excluding carboxylic acids is 2. The second kappa shape index (κ2) is 11.9. The van der Waals surface area contributed by atoms with Crippen molar-refractivity contribution in [3.63, 3.8) is 0 Å². The molecule has 2 amide bonds. The molecule has 35 heavy (non-hydrogen) atoms. The molecule has 0 aromatic heterocycles. The lowest BCUT2D eigenvalue weighted by molar-refractivity contribution is -0.139. The molecular formula is C25H33N3O6S. The van der Waals surface area contributed by atoms with Gasteiger partial charge in [-0.25, -0.2) is 8.42 Å². The smallest absolute Gasteiger partial charge is 0.244 e. The summed E-state index contributed by atoms with van der Waals surface area (Å²) in [7, 11) is -3.81.